The van der Waals surface area contributed by atoms with E-state index in [4.69, 9.17) is 4.74 Å². The Labute approximate surface area is 121 Å². The van der Waals surface area contributed by atoms with Gasteiger partial charge >= 0.3 is 0 Å². The van der Waals surface area contributed by atoms with Gasteiger partial charge in [0, 0.05) is 12.6 Å². The summed E-state index contributed by atoms with van der Waals surface area (Å²) in [6, 6.07) is 15.2. The molecule has 0 aromatic heterocycles. The monoisotopic (exact) mass is 269 g/mol. The Balaban J connectivity index is 2.02. The number of nitrogens with one attached hydrogen (secondary N) is 1. The normalized spacial score (nSPS) is 12.2. The number of hydrogen-bond donors (Lipinski definition) is 1. The first kappa shape index (κ1) is 14.6. The predicted molar refractivity (Wildman–Crippen MR) is 84.2 cm³/mol. The van der Waals surface area contributed by atoms with Crippen molar-refractivity contribution < 1.29 is 4.74 Å². The maximum Gasteiger partial charge on any atom is 0.119 e. The van der Waals surface area contributed by atoms with Gasteiger partial charge in [0.1, 0.15) is 5.75 Å². The first-order valence-electron chi connectivity index (χ1n) is 7.03. The van der Waals surface area contributed by atoms with Crippen molar-refractivity contribution >= 4 is 0 Å². The van der Waals surface area contributed by atoms with Crippen molar-refractivity contribution in [3.63, 3.8) is 0 Å². The van der Waals surface area contributed by atoms with Crippen molar-refractivity contribution in [1.29, 1.82) is 0 Å². The summed E-state index contributed by atoms with van der Waals surface area (Å²) >= 11 is 0. The van der Waals surface area contributed by atoms with Crippen LogP contribution in [0.4, 0.5) is 0 Å². The highest BCUT2D eigenvalue weighted by molar-refractivity contribution is 5.31. The Kier molecular flexibility index (Phi) is 4.80. The van der Waals surface area contributed by atoms with Crippen LogP contribution in [0.25, 0.3) is 0 Å². The summed E-state index contributed by atoms with van der Waals surface area (Å²) < 4.78 is 5.27. The Morgan fingerprint density at radius 2 is 1.75 bits per heavy atom. The molecule has 20 heavy (non-hydrogen) atoms. The minimum Gasteiger partial charge on any atom is -0.497 e. The van der Waals surface area contributed by atoms with Crippen LogP contribution in [-0.4, -0.2) is 7.11 Å². The van der Waals surface area contributed by atoms with Crippen LogP contribution in [0.2, 0.25) is 0 Å². The fraction of sp³-hybridized carbons (Fsp3) is 0.333. The average Bonchev–Trinajstić information content (AvgIpc) is 2.44. The van der Waals surface area contributed by atoms with E-state index >= 15 is 0 Å². The number of benzene rings is 2. The van der Waals surface area contributed by atoms with E-state index in [2.05, 4.69) is 56.4 Å². The second-order valence-electron chi connectivity index (χ2n) is 5.38. The van der Waals surface area contributed by atoms with Crippen LogP contribution in [0, 0.1) is 13.8 Å². The average molecular weight is 269 g/mol. The molecule has 1 unspecified atom stereocenters. The SMILES string of the molecule is COc1cccc(C(C)NCc2cc(C)cc(C)c2)c1. The highest BCUT2D eigenvalue weighted by Crippen LogP contribution is 2.19. The zero-order valence-corrected chi connectivity index (χ0v) is 12.7. The molecule has 2 rings (SSSR count). The molecule has 0 saturated carbocycles. The maximum absolute atomic E-state index is 5.27. The molecule has 0 heterocycles. The summed E-state index contributed by atoms with van der Waals surface area (Å²) in [6.07, 6.45) is 0. The lowest BCUT2D eigenvalue weighted by Crippen LogP contribution is -2.18. The van der Waals surface area contributed by atoms with Gasteiger partial charge in [-0.15, -0.1) is 0 Å². The summed E-state index contributed by atoms with van der Waals surface area (Å²) in [5.74, 6) is 0.905. The van der Waals surface area contributed by atoms with Gasteiger partial charge in [-0.3, -0.25) is 0 Å². The Morgan fingerprint density at radius 1 is 1.05 bits per heavy atom. The zero-order valence-electron chi connectivity index (χ0n) is 12.7. The molecule has 0 saturated heterocycles. The summed E-state index contributed by atoms with van der Waals surface area (Å²) in [5, 5.41) is 3.57. The van der Waals surface area contributed by atoms with Crippen LogP contribution in [0.5, 0.6) is 5.75 Å². The summed E-state index contributed by atoms with van der Waals surface area (Å²) in [5.41, 5.74) is 5.21. The molecule has 2 aromatic carbocycles. The third-order valence-corrected chi connectivity index (χ3v) is 3.49. The molecule has 2 aromatic rings. The molecule has 0 amide bonds. The Bertz CT molecular complexity index is 557. The third kappa shape index (κ3) is 3.84. The smallest absolute Gasteiger partial charge is 0.119 e. The minimum atomic E-state index is 0.297. The first-order chi connectivity index (χ1) is 9.58. The van der Waals surface area contributed by atoms with E-state index < -0.39 is 0 Å². The van der Waals surface area contributed by atoms with E-state index in [0.29, 0.717) is 6.04 Å². The second kappa shape index (κ2) is 6.58. The van der Waals surface area contributed by atoms with E-state index in [1.807, 2.05) is 12.1 Å². The van der Waals surface area contributed by atoms with Crippen molar-refractivity contribution in [1.82, 2.24) is 5.32 Å². The fourth-order valence-electron chi connectivity index (χ4n) is 2.47. The molecule has 2 nitrogen and oxygen atoms in total. The number of rotatable bonds is 5. The molecule has 2 heteroatoms. The number of methoxy groups -OCH3 is 1. The summed E-state index contributed by atoms with van der Waals surface area (Å²) in [4.78, 5) is 0. The van der Waals surface area contributed by atoms with Crippen LogP contribution in [0.1, 0.15) is 35.2 Å². The van der Waals surface area contributed by atoms with Crippen LogP contribution in [-0.2, 0) is 6.54 Å². The van der Waals surface area contributed by atoms with Crippen LogP contribution >= 0.6 is 0 Å². The lowest BCUT2D eigenvalue weighted by atomic mass is 10.1. The van der Waals surface area contributed by atoms with E-state index in [0.717, 1.165) is 12.3 Å². The second-order valence-corrected chi connectivity index (χ2v) is 5.38. The zero-order chi connectivity index (χ0) is 14.5. The van der Waals surface area contributed by atoms with Gasteiger partial charge in [-0.25, -0.2) is 0 Å². The van der Waals surface area contributed by atoms with E-state index in [1.165, 1.54) is 22.3 Å². The molecule has 106 valence electrons. The molecular weight excluding hydrogens is 246 g/mol. The fourth-order valence-corrected chi connectivity index (χ4v) is 2.47. The van der Waals surface area contributed by atoms with Gasteiger partial charge in [0.25, 0.3) is 0 Å². The lowest BCUT2D eigenvalue weighted by Gasteiger charge is -2.15. The van der Waals surface area contributed by atoms with E-state index in [1.54, 1.807) is 7.11 Å². The largest absolute Gasteiger partial charge is 0.497 e. The molecule has 0 spiro atoms. The van der Waals surface area contributed by atoms with Gasteiger partial charge in [0.15, 0.2) is 0 Å². The predicted octanol–water partition coefficient (Wildman–Crippen LogP) is 4.16. The van der Waals surface area contributed by atoms with Crippen LogP contribution in [0.15, 0.2) is 42.5 Å². The van der Waals surface area contributed by atoms with Crippen molar-refractivity contribution in [3.05, 3.63) is 64.7 Å². The molecular formula is C18H23NO. The molecule has 0 radical (unpaired) electrons. The summed E-state index contributed by atoms with van der Waals surface area (Å²) in [6.45, 7) is 7.34. The van der Waals surface area contributed by atoms with Crippen LogP contribution < -0.4 is 10.1 Å². The van der Waals surface area contributed by atoms with Crippen molar-refractivity contribution in [3.8, 4) is 5.75 Å². The Hall–Kier alpha value is -1.80. The topological polar surface area (TPSA) is 21.3 Å². The molecule has 1 atom stereocenters. The highest BCUT2D eigenvalue weighted by atomic mass is 16.5. The van der Waals surface area contributed by atoms with Gasteiger partial charge in [-0.05, 0) is 44.0 Å². The Morgan fingerprint density at radius 3 is 2.40 bits per heavy atom. The summed E-state index contributed by atoms with van der Waals surface area (Å²) in [7, 11) is 1.70. The molecule has 0 aliphatic carbocycles. The number of ether oxygens (including phenoxy) is 1. The molecule has 0 aliphatic heterocycles. The van der Waals surface area contributed by atoms with Gasteiger partial charge in [-0.1, -0.05) is 41.5 Å². The van der Waals surface area contributed by atoms with Crippen molar-refractivity contribution in [2.75, 3.05) is 7.11 Å². The van der Waals surface area contributed by atoms with Crippen molar-refractivity contribution in [2.24, 2.45) is 0 Å². The molecule has 0 fully saturated rings. The van der Waals surface area contributed by atoms with Gasteiger partial charge < -0.3 is 10.1 Å². The molecule has 1 N–H and O–H groups in total. The maximum atomic E-state index is 5.27. The van der Waals surface area contributed by atoms with Crippen molar-refractivity contribution in [2.45, 2.75) is 33.4 Å². The van der Waals surface area contributed by atoms with Gasteiger partial charge in [0.2, 0.25) is 0 Å². The van der Waals surface area contributed by atoms with E-state index in [9.17, 15) is 0 Å². The van der Waals surface area contributed by atoms with E-state index in [-0.39, 0.29) is 0 Å². The lowest BCUT2D eigenvalue weighted by molar-refractivity contribution is 0.413. The highest BCUT2D eigenvalue weighted by Gasteiger charge is 2.06. The quantitative estimate of drug-likeness (QED) is 0.880. The number of aryl methyl sites for hydroxylation is 2. The number of hydrogen-bond acceptors (Lipinski definition) is 2. The van der Waals surface area contributed by atoms with Gasteiger partial charge in [-0.2, -0.15) is 0 Å². The molecule has 0 bridgehead atoms. The molecule has 0 aliphatic rings. The standard InChI is InChI=1S/C18H23NO/c1-13-8-14(2)10-16(9-13)12-19-15(3)17-6-5-7-18(11-17)20-4/h5-11,15,19H,12H2,1-4H3. The minimum absolute atomic E-state index is 0.297. The van der Waals surface area contributed by atoms with Gasteiger partial charge in [0.05, 0.1) is 7.11 Å². The third-order valence-electron chi connectivity index (χ3n) is 3.49. The van der Waals surface area contributed by atoms with Crippen LogP contribution in [0.3, 0.4) is 0 Å². The first-order valence-corrected chi connectivity index (χ1v) is 7.03.